The molecule has 3 rings (SSSR count). The van der Waals surface area contributed by atoms with Crippen LogP contribution >= 0.6 is 0 Å². The summed E-state index contributed by atoms with van der Waals surface area (Å²) in [5.74, 6) is 0.207. The van der Waals surface area contributed by atoms with Gasteiger partial charge in [0.25, 0.3) is 0 Å². The van der Waals surface area contributed by atoms with Gasteiger partial charge in [-0.05, 0) is 62.4 Å². The van der Waals surface area contributed by atoms with Gasteiger partial charge < -0.3 is 10.1 Å². The largest absolute Gasteiger partial charge is 0.385 e. The second-order valence-electron chi connectivity index (χ2n) is 6.56. The molecule has 8 heteroatoms. The molecule has 0 aromatic heterocycles. The summed E-state index contributed by atoms with van der Waals surface area (Å²) >= 11 is 0. The topological polar surface area (TPSA) is 92.6 Å². The van der Waals surface area contributed by atoms with Crippen LogP contribution in [0.15, 0.2) is 17.1 Å². The van der Waals surface area contributed by atoms with Crippen LogP contribution in [0.2, 0.25) is 0 Å². The molecule has 4 N–H and O–H groups in total. The maximum atomic E-state index is 10.5. The maximum Gasteiger partial charge on any atom is 0.244 e. The van der Waals surface area contributed by atoms with Gasteiger partial charge in [-0.3, -0.25) is 10.4 Å². The van der Waals surface area contributed by atoms with Crippen LogP contribution in [0.5, 0.6) is 0 Å². The minimum absolute atomic E-state index is 0.146. The number of guanidine groups is 1. The summed E-state index contributed by atoms with van der Waals surface area (Å²) in [4.78, 5) is 4.39. The molecule has 0 spiro atoms. The van der Waals surface area contributed by atoms with E-state index in [2.05, 4.69) is 15.7 Å². The lowest BCUT2D eigenvalue weighted by atomic mass is 10.1. The highest BCUT2D eigenvalue weighted by molar-refractivity contribution is 6.00. The zero-order valence-electron chi connectivity index (χ0n) is 14.8. The molecule has 0 fully saturated rings. The minimum Gasteiger partial charge on any atom is -0.385 e. The lowest BCUT2D eigenvalue weighted by Gasteiger charge is -2.33. The van der Waals surface area contributed by atoms with Crippen molar-refractivity contribution < 1.29 is 15.2 Å². The number of benzene rings is 1. The van der Waals surface area contributed by atoms with E-state index in [1.165, 1.54) is 11.1 Å². The molecule has 8 nitrogen and oxygen atoms in total. The Labute approximate surface area is 148 Å². The van der Waals surface area contributed by atoms with Gasteiger partial charge in [0.1, 0.15) is 11.4 Å². The number of fused-ring (bicyclic) bond motifs is 2. The van der Waals surface area contributed by atoms with Crippen molar-refractivity contribution in [3.63, 3.8) is 0 Å². The molecule has 0 radical (unpaired) electrons. The number of rotatable bonds is 7. The summed E-state index contributed by atoms with van der Waals surface area (Å²) in [6.07, 6.45) is 4.06. The number of anilines is 2. The highest BCUT2D eigenvalue weighted by Gasteiger charge is 2.28. The summed E-state index contributed by atoms with van der Waals surface area (Å²) in [5.41, 5.74) is 6.24. The number of hydrogen-bond donors (Lipinski definition) is 4. The molecule has 0 amide bonds. The summed E-state index contributed by atoms with van der Waals surface area (Å²) in [7, 11) is 1.69. The molecule has 25 heavy (non-hydrogen) atoms. The van der Waals surface area contributed by atoms with Crippen LogP contribution in [0.1, 0.15) is 30.9 Å². The van der Waals surface area contributed by atoms with Gasteiger partial charge in [-0.25, -0.2) is 10.4 Å². The van der Waals surface area contributed by atoms with Gasteiger partial charge in [-0.2, -0.15) is 10.2 Å². The van der Waals surface area contributed by atoms with Crippen molar-refractivity contribution >= 4 is 17.3 Å². The van der Waals surface area contributed by atoms with Crippen LogP contribution in [-0.2, 0) is 17.6 Å². The molecule has 2 aliphatic rings. The third-order valence-corrected chi connectivity index (χ3v) is 4.58. The van der Waals surface area contributed by atoms with Gasteiger partial charge in [0.15, 0.2) is 0 Å². The Hall–Kier alpha value is -1.87. The van der Waals surface area contributed by atoms with E-state index in [0.29, 0.717) is 17.9 Å². The average Bonchev–Trinajstić information content (AvgIpc) is 3.07. The third kappa shape index (κ3) is 4.04. The number of hydrogen-bond acceptors (Lipinski definition) is 6. The Balaban J connectivity index is 1.66. The molecule has 0 saturated carbocycles. The highest BCUT2D eigenvalue weighted by Crippen LogP contribution is 2.36. The SMILES string of the molecule is COCCCNC(C)CN=C1NN(O)c2cc3c(cc2N1O)CCC3. The van der Waals surface area contributed by atoms with E-state index in [-0.39, 0.29) is 12.0 Å². The van der Waals surface area contributed by atoms with Crippen LogP contribution in [-0.4, -0.2) is 49.2 Å². The van der Waals surface area contributed by atoms with Crippen molar-refractivity contribution in [2.75, 3.05) is 37.0 Å². The van der Waals surface area contributed by atoms with Crippen LogP contribution in [0.3, 0.4) is 0 Å². The summed E-state index contributed by atoms with van der Waals surface area (Å²) in [5, 5.41) is 26.0. The van der Waals surface area contributed by atoms with E-state index >= 15 is 0 Å². The number of nitrogens with one attached hydrogen (secondary N) is 2. The van der Waals surface area contributed by atoms with E-state index in [4.69, 9.17) is 4.74 Å². The lowest BCUT2D eigenvalue weighted by molar-refractivity contribution is 0.193. The van der Waals surface area contributed by atoms with Gasteiger partial charge in [0, 0.05) is 19.8 Å². The maximum absolute atomic E-state index is 10.5. The minimum atomic E-state index is 0.146. The zero-order chi connectivity index (χ0) is 17.8. The predicted octanol–water partition coefficient (Wildman–Crippen LogP) is 1.46. The monoisotopic (exact) mass is 349 g/mol. The molecule has 138 valence electrons. The van der Waals surface area contributed by atoms with Crippen molar-refractivity contribution in [3.8, 4) is 0 Å². The van der Waals surface area contributed by atoms with E-state index < -0.39 is 0 Å². The standard InChI is InChI=1S/C17H27N5O3/c1-12(18-7-4-8-25-2)11-19-17-20-22(24)16-10-14-6-3-5-13(14)9-15(16)21(17)23/h9-10,12,18,23-24H,3-8,11H2,1-2H3,(H,19,20). The van der Waals surface area contributed by atoms with E-state index in [0.717, 1.165) is 49.1 Å². The number of hydrazine groups is 1. The van der Waals surface area contributed by atoms with Crippen molar-refractivity contribution in [1.29, 1.82) is 0 Å². The number of methoxy groups -OCH3 is 1. The number of hydroxylamine groups is 1. The number of nitrogens with zero attached hydrogens (tertiary/aromatic N) is 3. The second kappa shape index (κ2) is 8.01. The third-order valence-electron chi connectivity index (χ3n) is 4.58. The summed E-state index contributed by atoms with van der Waals surface area (Å²) in [6, 6.07) is 4.00. The average molecular weight is 349 g/mol. The second-order valence-corrected chi connectivity index (χ2v) is 6.56. The highest BCUT2D eigenvalue weighted by atomic mass is 16.6. The molecular weight excluding hydrogens is 322 g/mol. The van der Waals surface area contributed by atoms with Crippen molar-refractivity contribution in [1.82, 2.24) is 10.7 Å². The van der Waals surface area contributed by atoms with E-state index in [9.17, 15) is 10.4 Å². The first-order valence-corrected chi connectivity index (χ1v) is 8.77. The Bertz CT molecular complexity index is 637. The normalized spacial score (nSPS) is 19.0. The fourth-order valence-corrected chi connectivity index (χ4v) is 3.21. The smallest absolute Gasteiger partial charge is 0.244 e. The van der Waals surface area contributed by atoms with Crippen LogP contribution < -0.4 is 21.0 Å². The molecule has 1 unspecified atom stereocenters. The Morgan fingerprint density at radius 3 is 2.72 bits per heavy atom. The molecule has 0 saturated heterocycles. The summed E-state index contributed by atoms with van der Waals surface area (Å²) < 4.78 is 5.02. The molecule has 1 atom stereocenters. The van der Waals surface area contributed by atoms with Crippen molar-refractivity contribution in [2.45, 2.75) is 38.6 Å². The lowest BCUT2D eigenvalue weighted by Crippen LogP contribution is -2.53. The van der Waals surface area contributed by atoms with Gasteiger partial charge in [0.2, 0.25) is 5.96 Å². The van der Waals surface area contributed by atoms with Crippen LogP contribution in [0, 0.1) is 0 Å². The quantitative estimate of drug-likeness (QED) is 0.554. The zero-order valence-corrected chi connectivity index (χ0v) is 14.8. The Morgan fingerprint density at radius 1 is 1.28 bits per heavy atom. The number of aryl methyl sites for hydroxylation is 2. The van der Waals surface area contributed by atoms with E-state index in [1.807, 2.05) is 19.1 Å². The van der Waals surface area contributed by atoms with Crippen molar-refractivity contribution in [3.05, 3.63) is 23.3 Å². The fraction of sp³-hybridized carbons (Fsp3) is 0.588. The molecular formula is C17H27N5O3. The molecule has 1 aromatic carbocycles. The first-order chi connectivity index (χ1) is 12.1. The van der Waals surface area contributed by atoms with Crippen molar-refractivity contribution in [2.24, 2.45) is 4.99 Å². The number of aliphatic imine (C=N–C) groups is 1. The van der Waals surface area contributed by atoms with E-state index in [1.54, 1.807) is 7.11 Å². The number of ether oxygens (including phenoxy) is 1. The van der Waals surface area contributed by atoms with Gasteiger partial charge >= 0.3 is 0 Å². The summed E-state index contributed by atoms with van der Waals surface area (Å²) in [6.45, 7) is 4.07. The molecule has 1 aliphatic heterocycles. The molecule has 0 bridgehead atoms. The van der Waals surface area contributed by atoms with Crippen LogP contribution in [0.25, 0.3) is 0 Å². The molecule has 1 aliphatic carbocycles. The van der Waals surface area contributed by atoms with Gasteiger partial charge in [-0.1, -0.05) is 0 Å². The fourth-order valence-electron chi connectivity index (χ4n) is 3.21. The van der Waals surface area contributed by atoms with Crippen LogP contribution in [0.4, 0.5) is 11.4 Å². The molecule has 1 aromatic rings. The Morgan fingerprint density at radius 2 is 2.00 bits per heavy atom. The van der Waals surface area contributed by atoms with Gasteiger partial charge in [0.05, 0.1) is 6.54 Å². The Kier molecular flexibility index (Phi) is 5.74. The van der Waals surface area contributed by atoms with Gasteiger partial charge in [-0.15, -0.1) is 0 Å². The first kappa shape index (κ1) is 17.9. The first-order valence-electron chi connectivity index (χ1n) is 8.77. The predicted molar refractivity (Wildman–Crippen MR) is 96.4 cm³/mol. The molecule has 1 heterocycles.